The normalized spacial score (nSPS) is 18.9. The molecule has 1 atom stereocenters. The Morgan fingerprint density at radius 1 is 1.77 bits per heavy atom. The number of hydrogen-bond acceptors (Lipinski definition) is 3. The van der Waals surface area contributed by atoms with Crippen LogP contribution in [0.25, 0.3) is 0 Å². The van der Waals surface area contributed by atoms with E-state index in [-0.39, 0.29) is 11.8 Å². The molecule has 0 radical (unpaired) electrons. The van der Waals surface area contributed by atoms with E-state index in [2.05, 4.69) is 5.10 Å². The molecule has 1 unspecified atom stereocenters. The third-order valence-corrected chi connectivity index (χ3v) is 2.34. The summed E-state index contributed by atoms with van der Waals surface area (Å²) in [5, 5.41) is 13.7. The molecular formula is C9H15N3O. The molecule has 1 aliphatic carbocycles. The highest BCUT2D eigenvalue weighted by molar-refractivity contribution is 5.25. The van der Waals surface area contributed by atoms with Gasteiger partial charge in [-0.25, -0.2) is 0 Å². The molecule has 1 aromatic heterocycles. The maximum atomic E-state index is 9.47. The molecule has 0 aromatic carbocycles. The van der Waals surface area contributed by atoms with Crippen LogP contribution in [0.4, 0.5) is 0 Å². The highest BCUT2D eigenvalue weighted by atomic mass is 16.3. The molecule has 0 saturated heterocycles. The smallest absolute Gasteiger partial charge is 0.158 e. The van der Waals surface area contributed by atoms with Crippen LogP contribution in [0.15, 0.2) is 6.20 Å². The van der Waals surface area contributed by atoms with Crippen molar-refractivity contribution in [2.24, 2.45) is 11.7 Å². The first kappa shape index (κ1) is 8.56. The summed E-state index contributed by atoms with van der Waals surface area (Å²) in [6.07, 6.45) is 4.24. The lowest BCUT2D eigenvalue weighted by molar-refractivity contribution is 0.463. The predicted octanol–water partition coefficient (Wildman–Crippen LogP) is 1.02. The SMILES string of the molecule is CC(N)c1nn(CC2CC2)cc1O. The fourth-order valence-corrected chi connectivity index (χ4v) is 1.41. The third-order valence-electron chi connectivity index (χ3n) is 2.34. The molecule has 13 heavy (non-hydrogen) atoms. The zero-order chi connectivity index (χ0) is 9.42. The van der Waals surface area contributed by atoms with Crippen LogP contribution in [0.2, 0.25) is 0 Å². The Hall–Kier alpha value is -1.03. The molecule has 72 valence electrons. The van der Waals surface area contributed by atoms with Crippen molar-refractivity contribution in [2.45, 2.75) is 32.4 Å². The summed E-state index contributed by atoms with van der Waals surface area (Å²) in [5.74, 6) is 0.982. The van der Waals surface area contributed by atoms with Gasteiger partial charge >= 0.3 is 0 Å². The topological polar surface area (TPSA) is 64.1 Å². The van der Waals surface area contributed by atoms with Crippen LogP contribution >= 0.6 is 0 Å². The van der Waals surface area contributed by atoms with Crippen molar-refractivity contribution in [2.75, 3.05) is 0 Å². The van der Waals surface area contributed by atoms with Gasteiger partial charge in [0.25, 0.3) is 0 Å². The summed E-state index contributed by atoms with van der Waals surface area (Å²) >= 11 is 0. The largest absolute Gasteiger partial charge is 0.504 e. The zero-order valence-electron chi connectivity index (χ0n) is 7.77. The number of aromatic hydroxyl groups is 1. The molecule has 4 heteroatoms. The van der Waals surface area contributed by atoms with E-state index in [0.29, 0.717) is 5.69 Å². The van der Waals surface area contributed by atoms with E-state index in [1.54, 1.807) is 10.9 Å². The van der Waals surface area contributed by atoms with Crippen LogP contribution in [-0.4, -0.2) is 14.9 Å². The third kappa shape index (κ3) is 1.83. The average Bonchev–Trinajstić information content (AvgIpc) is 2.75. The molecule has 0 amide bonds. The van der Waals surface area contributed by atoms with Gasteiger partial charge in [-0.3, -0.25) is 4.68 Å². The quantitative estimate of drug-likeness (QED) is 0.731. The van der Waals surface area contributed by atoms with Crippen LogP contribution in [0, 0.1) is 5.92 Å². The van der Waals surface area contributed by atoms with Gasteiger partial charge in [-0.15, -0.1) is 0 Å². The lowest BCUT2D eigenvalue weighted by atomic mass is 10.2. The minimum absolute atomic E-state index is 0.194. The Labute approximate surface area is 77.4 Å². The van der Waals surface area contributed by atoms with Gasteiger partial charge in [0, 0.05) is 12.6 Å². The molecule has 1 fully saturated rings. The molecule has 0 bridgehead atoms. The number of hydrogen-bond donors (Lipinski definition) is 2. The number of aromatic nitrogens is 2. The summed E-state index contributed by atoms with van der Waals surface area (Å²) in [5.41, 5.74) is 6.24. The summed E-state index contributed by atoms with van der Waals surface area (Å²) in [6.45, 7) is 2.74. The number of rotatable bonds is 3. The lowest BCUT2D eigenvalue weighted by Gasteiger charge is -2.00. The van der Waals surface area contributed by atoms with Crippen molar-refractivity contribution in [3.8, 4) is 5.75 Å². The van der Waals surface area contributed by atoms with Gasteiger partial charge in [-0.2, -0.15) is 5.10 Å². The Morgan fingerprint density at radius 3 is 2.92 bits per heavy atom. The first-order valence-corrected chi connectivity index (χ1v) is 4.68. The second kappa shape index (κ2) is 3.03. The monoisotopic (exact) mass is 181 g/mol. The van der Waals surface area contributed by atoms with E-state index in [4.69, 9.17) is 5.73 Å². The van der Waals surface area contributed by atoms with E-state index in [0.717, 1.165) is 12.5 Å². The van der Waals surface area contributed by atoms with Crippen LogP contribution in [0.3, 0.4) is 0 Å². The molecule has 1 saturated carbocycles. The predicted molar refractivity (Wildman–Crippen MR) is 49.2 cm³/mol. The highest BCUT2D eigenvalue weighted by Gasteiger charge is 2.23. The molecule has 0 aliphatic heterocycles. The van der Waals surface area contributed by atoms with E-state index < -0.39 is 0 Å². The maximum Gasteiger partial charge on any atom is 0.158 e. The van der Waals surface area contributed by atoms with Crippen LogP contribution < -0.4 is 5.73 Å². The second-order valence-corrected chi connectivity index (χ2v) is 3.85. The summed E-state index contributed by atoms with van der Waals surface area (Å²) in [4.78, 5) is 0. The van der Waals surface area contributed by atoms with E-state index in [9.17, 15) is 5.11 Å². The van der Waals surface area contributed by atoms with Crippen molar-refractivity contribution in [3.05, 3.63) is 11.9 Å². The Kier molecular flexibility index (Phi) is 2.00. The first-order chi connectivity index (χ1) is 6.16. The molecule has 2 rings (SSSR count). The van der Waals surface area contributed by atoms with Gasteiger partial charge in [0.2, 0.25) is 0 Å². The minimum atomic E-state index is -0.194. The fourth-order valence-electron chi connectivity index (χ4n) is 1.41. The van der Waals surface area contributed by atoms with Gasteiger partial charge in [0.05, 0.1) is 6.20 Å². The van der Waals surface area contributed by atoms with Crippen molar-refractivity contribution >= 4 is 0 Å². The summed E-state index contributed by atoms with van der Waals surface area (Å²) in [7, 11) is 0. The van der Waals surface area contributed by atoms with Crippen LogP contribution in [-0.2, 0) is 6.54 Å². The second-order valence-electron chi connectivity index (χ2n) is 3.85. The van der Waals surface area contributed by atoms with Gasteiger partial charge in [-0.1, -0.05) is 0 Å². The standard InChI is InChI=1S/C9H15N3O/c1-6(10)9-8(13)5-12(11-9)4-7-2-3-7/h5-7,13H,2-4,10H2,1H3. The zero-order valence-corrected chi connectivity index (χ0v) is 7.77. The minimum Gasteiger partial charge on any atom is -0.504 e. The molecule has 0 spiro atoms. The maximum absolute atomic E-state index is 9.47. The molecule has 1 heterocycles. The van der Waals surface area contributed by atoms with Crippen LogP contribution in [0.1, 0.15) is 31.5 Å². The molecule has 3 N–H and O–H groups in total. The first-order valence-electron chi connectivity index (χ1n) is 4.68. The van der Waals surface area contributed by atoms with Crippen molar-refractivity contribution in [1.82, 2.24) is 9.78 Å². The van der Waals surface area contributed by atoms with E-state index >= 15 is 0 Å². The van der Waals surface area contributed by atoms with Gasteiger partial charge in [0.1, 0.15) is 5.69 Å². The van der Waals surface area contributed by atoms with Crippen molar-refractivity contribution in [3.63, 3.8) is 0 Å². The molecular weight excluding hydrogens is 166 g/mol. The summed E-state index contributed by atoms with van der Waals surface area (Å²) in [6, 6.07) is -0.194. The van der Waals surface area contributed by atoms with Gasteiger partial charge in [0.15, 0.2) is 5.75 Å². The Balaban J connectivity index is 2.13. The van der Waals surface area contributed by atoms with Crippen molar-refractivity contribution < 1.29 is 5.11 Å². The molecule has 1 aliphatic rings. The van der Waals surface area contributed by atoms with E-state index in [1.165, 1.54) is 12.8 Å². The van der Waals surface area contributed by atoms with Crippen molar-refractivity contribution in [1.29, 1.82) is 0 Å². The number of nitrogens with zero attached hydrogens (tertiary/aromatic N) is 2. The summed E-state index contributed by atoms with van der Waals surface area (Å²) < 4.78 is 1.80. The van der Waals surface area contributed by atoms with Gasteiger partial charge in [-0.05, 0) is 25.7 Å². The lowest BCUT2D eigenvalue weighted by Crippen LogP contribution is -2.08. The molecule has 1 aromatic rings. The fraction of sp³-hybridized carbons (Fsp3) is 0.667. The van der Waals surface area contributed by atoms with E-state index in [1.807, 2.05) is 6.92 Å². The Morgan fingerprint density at radius 2 is 2.46 bits per heavy atom. The highest BCUT2D eigenvalue weighted by Crippen LogP contribution is 2.31. The van der Waals surface area contributed by atoms with Gasteiger partial charge < -0.3 is 10.8 Å². The average molecular weight is 181 g/mol. The Bertz CT molecular complexity index is 302. The molecule has 4 nitrogen and oxygen atoms in total. The number of nitrogens with two attached hydrogens (primary N) is 1. The van der Waals surface area contributed by atoms with Crippen LogP contribution in [0.5, 0.6) is 5.75 Å².